The minimum atomic E-state index is -0.337. The van der Waals surface area contributed by atoms with Gasteiger partial charge in [0.25, 0.3) is 0 Å². The van der Waals surface area contributed by atoms with E-state index in [1.165, 1.54) is 11.3 Å². The van der Waals surface area contributed by atoms with Crippen molar-refractivity contribution in [2.45, 2.75) is 20.3 Å². The normalized spacial score (nSPS) is 17.8. The van der Waals surface area contributed by atoms with E-state index in [9.17, 15) is 9.59 Å². The molecule has 1 aliphatic heterocycles. The standard InChI is InChI=1S/C16H17N3O2S/c1-10-5-3-4-6-13(10)19-8-12(7-14(19)20)15(21)18-16-17-11(2)9-22-16/h3-6,9,12H,7-8H2,1-2H3,(H,17,18,21)/t12-/m0/s1. The molecular weight excluding hydrogens is 298 g/mol. The summed E-state index contributed by atoms with van der Waals surface area (Å²) in [6.45, 7) is 4.26. The van der Waals surface area contributed by atoms with Crippen molar-refractivity contribution in [1.29, 1.82) is 0 Å². The SMILES string of the molecule is Cc1csc(NC(=O)[C@H]2CC(=O)N(c3ccccc3C)C2)n1. The fourth-order valence-corrected chi connectivity index (χ4v) is 3.29. The van der Waals surface area contributed by atoms with Crippen LogP contribution in [0.4, 0.5) is 10.8 Å². The number of rotatable bonds is 3. The number of nitrogens with zero attached hydrogens (tertiary/aromatic N) is 2. The van der Waals surface area contributed by atoms with Crippen LogP contribution in [0.15, 0.2) is 29.6 Å². The fraction of sp³-hybridized carbons (Fsp3) is 0.312. The van der Waals surface area contributed by atoms with Crippen molar-refractivity contribution in [2.75, 3.05) is 16.8 Å². The smallest absolute Gasteiger partial charge is 0.231 e. The Labute approximate surface area is 133 Å². The first-order valence-electron chi connectivity index (χ1n) is 7.13. The molecule has 1 aromatic carbocycles. The maximum absolute atomic E-state index is 12.3. The second-order valence-corrected chi connectivity index (χ2v) is 6.33. The van der Waals surface area contributed by atoms with Crippen LogP contribution in [0, 0.1) is 19.8 Å². The van der Waals surface area contributed by atoms with Crippen LogP contribution in [0.25, 0.3) is 0 Å². The highest BCUT2D eigenvalue weighted by atomic mass is 32.1. The first-order valence-corrected chi connectivity index (χ1v) is 8.01. The number of aromatic nitrogens is 1. The van der Waals surface area contributed by atoms with Crippen molar-refractivity contribution in [3.05, 3.63) is 40.9 Å². The first-order chi connectivity index (χ1) is 10.5. The number of hydrogen-bond donors (Lipinski definition) is 1. The maximum atomic E-state index is 12.3. The highest BCUT2D eigenvalue weighted by Gasteiger charge is 2.35. The Hall–Kier alpha value is -2.21. The quantitative estimate of drug-likeness (QED) is 0.947. The van der Waals surface area contributed by atoms with Crippen molar-refractivity contribution in [3.8, 4) is 0 Å². The molecule has 1 fully saturated rings. The van der Waals surface area contributed by atoms with Crippen LogP contribution in [0.1, 0.15) is 17.7 Å². The van der Waals surface area contributed by atoms with Crippen LogP contribution >= 0.6 is 11.3 Å². The monoisotopic (exact) mass is 315 g/mol. The summed E-state index contributed by atoms with van der Waals surface area (Å²) in [6, 6.07) is 7.72. The zero-order chi connectivity index (χ0) is 15.7. The van der Waals surface area contributed by atoms with Gasteiger partial charge in [-0.2, -0.15) is 0 Å². The molecule has 1 N–H and O–H groups in total. The van der Waals surface area contributed by atoms with Gasteiger partial charge in [-0.25, -0.2) is 4.98 Å². The van der Waals surface area contributed by atoms with Crippen molar-refractivity contribution >= 4 is 34.0 Å². The molecule has 2 amide bonds. The van der Waals surface area contributed by atoms with E-state index in [4.69, 9.17) is 0 Å². The summed E-state index contributed by atoms with van der Waals surface area (Å²) in [7, 11) is 0. The van der Waals surface area contributed by atoms with Gasteiger partial charge in [-0.3, -0.25) is 9.59 Å². The van der Waals surface area contributed by atoms with E-state index < -0.39 is 0 Å². The van der Waals surface area contributed by atoms with E-state index >= 15 is 0 Å². The molecule has 1 saturated heterocycles. The largest absolute Gasteiger partial charge is 0.311 e. The Morgan fingerprint density at radius 2 is 2.14 bits per heavy atom. The summed E-state index contributed by atoms with van der Waals surface area (Å²) in [6.07, 6.45) is 0.241. The fourth-order valence-electron chi connectivity index (χ4n) is 2.60. The molecule has 114 valence electrons. The molecule has 3 rings (SSSR count). The molecule has 22 heavy (non-hydrogen) atoms. The van der Waals surface area contributed by atoms with Crippen LogP contribution < -0.4 is 10.2 Å². The number of para-hydroxylation sites is 1. The van der Waals surface area contributed by atoms with E-state index in [1.54, 1.807) is 4.90 Å². The van der Waals surface area contributed by atoms with Gasteiger partial charge in [0, 0.05) is 24.0 Å². The Morgan fingerprint density at radius 1 is 1.36 bits per heavy atom. The predicted octanol–water partition coefficient (Wildman–Crippen LogP) is 2.75. The van der Waals surface area contributed by atoms with Gasteiger partial charge in [0.1, 0.15) is 0 Å². The van der Waals surface area contributed by atoms with Crippen LogP contribution in [-0.4, -0.2) is 23.3 Å². The van der Waals surface area contributed by atoms with Gasteiger partial charge >= 0.3 is 0 Å². The third kappa shape index (κ3) is 2.87. The second kappa shape index (κ2) is 5.88. The number of nitrogens with one attached hydrogen (secondary N) is 1. The van der Waals surface area contributed by atoms with Crippen molar-refractivity contribution < 1.29 is 9.59 Å². The molecule has 6 heteroatoms. The summed E-state index contributed by atoms with van der Waals surface area (Å²) in [5, 5.41) is 5.27. The number of hydrogen-bond acceptors (Lipinski definition) is 4. The Bertz CT molecular complexity index is 726. The van der Waals surface area contributed by atoms with Gasteiger partial charge in [-0.15, -0.1) is 11.3 Å². The summed E-state index contributed by atoms with van der Waals surface area (Å²) in [5.74, 6) is -0.486. The van der Waals surface area contributed by atoms with E-state index in [2.05, 4.69) is 10.3 Å². The van der Waals surface area contributed by atoms with Crippen LogP contribution in [0.3, 0.4) is 0 Å². The number of benzene rings is 1. The zero-order valence-electron chi connectivity index (χ0n) is 12.5. The average molecular weight is 315 g/mol. The van der Waals surface area contributed by atoms with Gasteiger partial charge in [0.2, 0.25) is 11.8 Å². The molecule has 0 radical (unpaired) electrons. The topological polar surface area (TPSA) is 62.3 Å². The molecule has 0 spiro atoms. The van der Waals surface area contributed by atoms with Gasteiger partial charge < -0.3 is 10.2 Å². The number of aryl methyl sites for hydroxylation is 2. The summed E-state index contributed by atoms with van der Waals surface area (Å²) < 4.78 is 0. The van der Waals surface area contributed by atoms with Crippen LogP contribution in [-0.2, 0) is 9.59 Å². The van der Waals surface area contributed by atoms with E-state index in [1.807, 2.05) is 43.5 Å². The molecule has 0 unspecified atom stereocenters. The lowest BCUT2D eigenvalue weighted by Crippen LogP contribution is -2.28. The molecule has 5 nitrogen and oxygen atoms in total. The minimum absolute atomic E-state index is 0.00947. The first kappa shape index (κ1) is 14.7. The van der Waals surface area contributed by atoms with Crippen molar-refractivity contribution in [2.24, 2.45) is 5.92 Å². The lowest BCUT2D eigenvalue weighted by Gasteiger charge is -2.18. The van der Waals surface area contributed by atoms with Crippen LogP contribution in [0.5, 0.6) is 0 Å². The molecule has 1 aromatic heterocycles. The Morgan fingerprint density at radius 3 is 2.82 bits per heavy atom. The number of carbonyl (C=O) groups excluding carboxylic acids is 2. The van der Waals surface area contributed by atoms with Gasteiger partial charge in [0.05, 0.1) is 11.6 Å². The highest BCUT2D eigenvalue weighted by molar-refractivity contribution is 7.13. The van der Waals surface area contributed by atoms with E-state index in [0.29, 0.717) is 11.7 Å². The molecule has 2 heterocycles. The third-order valence-electron chi connectivity index (χ3n) is 3.75. The Balaban J connectivity index is 1.71. The lowest BCUT2D eigenvalue weighted by molar-refractivity contribution is -0.122. The summed E-state index contributed by atoms with van der Waals surface area (Å²) in [5.41, 5.74) is 2.80. The van der Waals surface area contributed by atoms with Crippen molar-refractivity contribution in [1.82, 2.24) is 4.98 Å². The van der Waals surface area contributed by atoms with Gasteiger partial charge in [0.15, 0.2) is 5.13 Å². The molecule has 0 saturated carbocycles. The van der Waals surface area contributed by atoms with Gasteiger partial charge in [-0.05, 0) is 25.5 Å². The lowest BCUT2D eigenvalue weighted by atomic mass is 10.1. The van der Waals surface area contributed by atoms with Crippen molar-refractivity contribution in [3.63, 3.8) is 0 Å². The molecule has 0 bridgehead atoms. The zero-order valence-corrected chi connectivity index (χ0v) is 13.3. The number of carbonyl (C=O) groups is 2. The third-order valence-corrected chi connectivity index (χ3v) is 4.63. The predicted molar refractivity (Wildman–Crippen MR) is 87.1 cm³/mol. The minimum Gasteiger partial charge on any atom is -0.311 e. The molecule has 0 aliphatic carbocycles. The molecule has 2 aromatic rings. The number of thiazole rings is 1. The molecular formula is C16H17N3O2S. The number of anilines is 2. The highest BCUT2D eigenvalue weighted by Crippen LogP contribution is 2.28. The van der Waals surface area contributed by atoms with E-state index in [0.717, 1.165) is 16.9 Å². The average Bonchev–Trinajstić information content (AvgIpc) is 3.06. The van der Waals surface area contributed by atoms with Crippen LogP contribution in [0.2, 0.25) is 0 Å². The number of amides is 2. The van der Waals surface area contributed by atoms with Gasteiger partial charge in [-0.1, -0.05) is 18.2 Å². The Kier molecular flexibility index (Phi) is 3.94. The van der Waals surface area contributed by atoms with E-state index in [-0.39, 0.29) is 24.2 Å². The molecule has 1 atom stereocenters. The summed E-state index contributed by atoms with van der Waals surface area (Å²) in [4.78, 5) is 30.5. The summed E-state index contributed by atoms with van der Waals surface area (Å²) >= 11 is 1.40. The molecule has 1 aliphatic rings. The maximum Gasteiger partial charge on any atom is 0.231 e. The second-order valence-electron chi connectivity index (χ2n) is 5.48.